The number of methoxy groups -OCH3 is 1. The Morgan fingerprint density at radius 3 is 2.41 bits per heavy atom. The van der Waals surface area contributed by atoms with Gasteiger partial charge < -0.3 is 24.6 Å². The van der Waals surface area contributed by atoms with Gasteiger partial charge in [0.05, 0.1) is 13.7 Å². The molecule has 0 bridgehead atoms. The molecule has 1 atom stereocenters. The maximum Gasteiger partial charge on any atom is 0.256 e. The number of carbonyl (C=O) groups is 3. The first-order chi connectivity index (χ1) is 17.7. The molecule has 4 rings (SSSR count). The molecule has 2 saturated heterocycles. The lowest BCUT2D eigenvalue weighted by atomic mass is 9.96. The number of likely N-dealkylation sites (N-methyl/N-ethyl adjacent to an activating group) is 1. The first-order valence-electron chi connectivity index (χ1n) is 12.3. The molecule has 1 spiro atoms. The molecule has 2 fully saturated rings. The van der Waals surface area contributed by atoms with E-state index in [1.807, 2.05) is 19.0 Å². The largest absolute Gasteiger partial charge is 0.497 e. The number of nitrogens with zero attached hydrogens (tertiary/aromatic N) is 3. The van der Waals surface area contributed by atoms with Gasteiger partial charge in [-0.25, -0.2) is 0 Å². The number of ether oxygens (including phenoxy) is 2. The first kappa shape index (κ1) is 26.9. The zero-order valence-electron chi connectivity index (χ0n) is 21.4. The molecule has 37 heavy (non-hydrogen) atoms. The monoisotopic (exact) mass is 528 g/mol. The lowest BCUT2D eigenvalue weighted by Crippen LogP contribution is -2.60. The van der Waals surface area contributed by atoms with Crippen molar-refractivity contribution in [2.75, 3.05) is 54.0 Å². The van der Waals surface area contributed by atoms with E-state index in [-0.39, 0.29) is 24.3 Å². The summed E-state index contributed by atoms with van der Waals surface area (Å²) in [5.41, 5.74) is -0.0274. The van der Waals surface area contributed by atoms with Gasteiger partial charge in [0.2, 0.25) is 5.91 Å². The summed E-state index contributed by atoms with van der Waals surface area (Å²) in [6.45, 7) is 2.00. The topological polar surface area (TPSA) is 91.4 Å². The van der Waals surface area contributed by atoms with E-state index in [1.165, 1.54) is 0 Å². The zero-order valence-corrected chi connectivity index (χ0v) is 22.2. The fourth-order valence-electron chi connectivity index (χ4n) is 4.82. The highest BCUT2D eigenvalue weighted by Gasteiger charge is 2.54. The van der Waals surface area contributed by atoms with Crippen molar-refractivity contribution in [2.45, 2.75) is 24.6 Å². The molecular weight excluding hydrogens is 496 g/mol. The second kappa shape index (κ2) is 11.5. The molecule has 0 unspecified atom stereocenters. The Hall–Kier alpha value is -3.14. The first-order valence-corrected chi connectivity index (χ1v) is 12.7. The average molecular weight is 529 g/mol. The quantitative estimate of drug-likeness (QED) is 0.594. The third-order valence-corrected chi connectivity index (χ3v) is 7.12. The van der Waals surface area contributed by atoms with Gasteiger partial charge in [-0.2, -0.15) is 0 Å². The standard InChI is InChI=1S/C27H33ClN4O5/c1-30(2)16-13-29-24(33)23-18-37-27(32(23)26(35)19-7-9-22(36-3)10-8-19)11-14-31(15-12-27)25(34)20-5-4-6-21(28)17-20/h4-10,17,23H,11-16,18H2,1-3H3,(H,29,33)/t23-/m0/s1. The predicted octanol–water partition coefficient (Wildman–Crippen LogP) is 2.50. The molecule has 3 amide bonds. The van der Waals surface area contributed by atoms with Gasteiger partial charge in [-0.3, -0.25) is 19.3 Å². The molecule has 2 aliphatic heterocycles. The smallest absolute Gasteiger partial charge is 0.256 e. The van der Waals surface area contributed by atoms with Gasteiger partial charge in [0.25, 0.3) is 11.8 Å². The van der Waals surface area contributed by atoms with Crippen LogP contribution >= 0.6 is 11.6 Å². The van der Waals surface area contributed by atoms with Gasteiger partial charge >= 0.3 is 0 Å². The van der Waals surface area contributed by atoms with Crippen LogP contribution in [-0.4, -0.2) is 98.2 Å². The van der Waals surface area contributed by atoms with E-state index in [0.29, 0.717) is 60.9 Å². The molecule has 2 aliphatic rings. The minimum Gasteiger partial charge on any atom is -0.497 e. The van der Waals surface area contributed by atoms with Gasteiger partial charge in [-0.05, 0) is 56.6 Å². The summed E-state index contributed by atoms with van der Waals surface area (Å²) in [5.74, 6) is -0.0309. The van der Waals surface area contributed by atoms with E-state index in [4.69, 9.17) is 21.1 Å². The van der Waals surface area contributed by atoms with Crippen molar-refractivity contribution < 1.29 is 23.9 Å². The van der Waals surface area contributed by atoms with E-state index in [2.05, 4.69) is 5.32 Å². The number of amides is 3. The Bertz CT molecular complexity index is 1130. The van der Waals surface area contributed by atoms with Crippen molar-refractivity contribution in [2.24, 2.45) is 0 Å². The Morgan fingerprint density at radius 1 is 1.08 bits per heavy atom. The minimum atomic E-state index is -0.980. The minimum absolute atomic E-state index is 0.0952. The van der Waals surface area contributed by atoms with Crippen LogP contribution in [0.25, 0.3) is 0 Å². The summed E-state index contributed by atoms with van der Waals surface area (Å²) in [6, 6.07) is 12.9. The third kappa shape index (κ3) is 5.89. The van der Waals surface area contributed by atoms with Crippen LogP contribution in [0, 0.1) is 0 Å². The Morgan fingerprint density at radius 2 is 1.78 bits per heavy atom. The van der Waals surface area contributed by atoms with Crippen molar-refractivity contribution in [1.29, 1.82) is 0 Å². The maximum atomic E-state index is 13.8. The highest BCUT2D eigenvalue weighted by Crippen LogP contribution is 2.39. The second-order valence-corrected chi connectivity index (χ2v) is 10.0. The molecule has 9 nitrogen and oxygen atoms in total. The van der Waals surface area contributed by atoms with Crippen LogP contribution in [0.3, 0.4) is 0 Å². The highest BCUT2D eigenvalue weighted by molar-refractivity contribution is 6.30. The van der Waals surface area contributed by atoms with E-state index < -0.39 is 11.8 Å². The number of nitrogens with one attached hydrogen (secondary N) is 1. The number of hydrogen-bond acceptors (Lipinski definition) is 6. The van der Waals surface area contributed by atoms with Gasteiger partial charge in [0.1, 0.15) is 17.5 Å². The molecule has 0 radical (unpaired) electrons. The lowest BCUT2D eigenvalue weighted by molar-refractivity contribution is -0.128. The SMILES string of the molecule is COc1ccc(C(=O)N2[C@H](C(=O)NCCN(C)C)COC23CCN(C(=O)c2cccc(Cl)c2)CC3)cc1. The van der Waals surface area contributed by atoms with Crippen molar-refractivity contribution in [3.05, 3.63) is 64.7 Å². The third-order valence-electron chi connectivity index (χ3n) is 6.88. The summed E-state index contributed by atoms with van der Waals surface area (Å²) in [6.07, 6.45) is 0.783. The molecule has 10 heteroatoms. The molecule has 0 aromatic heterocycles. The molecule has 0 aliphatic carbocycles. The summed E-state index contributed by atoms with van der Waals surface area (Å²) >= 11 is 6.07. The number of likely N-dealkylation sites (tertiary alicyclic amines) is 1. The number of benzene rings is 2. The van der Waals surface area contributed by atoms with E-state index >= 15 is 0 Å². The van der Waals surface area contributed by atoms with E-state index in [9.17, 15) is 14.4 Å². The van der Waals surface area contributed by atoms with Crippen LogP contribution in [0.4, 0.5) is 0 Å². The molecule has 0 saturated carbocycles. The van der Waals surface area contributed by atoms with Crippen molar-refractivity contribution >= 4 is 29.3 Å². The van der Waals surface area contributed by atoms with Crippen LogP contribution in [0.15, 0.2) is 48.5 Å². The summed E-state index contributed by atoms with van der Waals surface area (Å²) < 4.78 is 11.5. The van der Waals surface area contributed by atoms with Gasteiger partial charge in [-0.1, -0.05) is 17.7 Å². The normalized spacial score (nSPS) is 18.8. The molecule has 2 heterocycles. The van der Waals surface area contributed by atoms with Gasteiger partial charge in [0, 0.05) is 55.2 Å². The molecule has 2 aromatic carbocycles. The highest BCUT2D eigenvalue weighted by atomic mass is 35.5. The Labute approximate surface area is 222 Å². The molecule has 2 aromatic rings. The van der Waals surface area contributed by atoms with Crippen LogP contribution < -0.4 is 10.1 Å². The van der Waals surface area contributed by atoms with Crippen LogP contribution in [0.1, 0.15) is 33.6 Å². The summed E-state index contributed by atoms with van der Waals surface area (Å²) in [4.78, 5) is 45.4. The number of carbonyl (C=O) groups excluding carboxylic acids is 3. The van der Waals surface area contributed by atoms with Crippen molar-refractivity contribution in [3.8, 4) is 5.75 Å². The summed E-state index contributed by atoms with van der Waals surface area (Å²) in [5, 5.41) is 3.43. The number of rotatable bonds is 7. The number of halogens is 1. The van der Waals surface area contributed by atoms with Gasteiger partial charge in [0.15, 0.2) is 0 Å². The fraction of sp³-hybridized carbons (Fsp3) is 0.444. The van der Waals surface area contributed by atoms with Crippen molar-refractivity contribution in [3.63, 3.8) is 0 Å². The molecule has 1 N–H and O–H groups in total. The Balaban J connectivity index is 1.55. The van der Waals surface area contributed by atoms with Gasteiger partial charge in [-0.15, -0.1) is 0 Å². The zero-order chi connectivity index (χ0) is 26.6. The summed E-state index contributed by atoms with van der Waals surface area (Å²) in [7, 11) is 5.42. The van der Waals surface area contributed by atoms with Crippen LogP contribution in [-0.2, 0) is 9.53 Å². The van der Waals surface area contributed by atoms with E-state index in [0.717, 1.165) is 0 Å². The van der Waals surface area contributed by atoms with E-state index in [1.54, 1.807) is 65.4 Å². The molecule has 198 valence electrons. The average Bonchev–Trinajstić information content (AvgIpc) is 3.26. The van der Waals surface area contributed by atoms with Crippen LogP contribution in [0.5, 0.6) is 5.75 Å². The molecular formula is C27H33ClN4O5. The Kier molecular flexibility index (Phi) is 8.36. The number of hydrogen-bond donors (Lipinski definition) is 1. The van der Waals surface area contributed by atoms with Crippen LogP contribution in [0.2, 0.25) is 5.02 Å². The predicted molar refractivity (Wildman–Crippen MR) is 140 cm³/mol. The maximum absolute atomic E-state index is 13.8. The van der Waals surface area contributed by atoms with Crippen molar-refractivity contribution in [1.82, 2.24) is 20.0 Å². The number of piperidine rings is 1. The fourth-order valence-corrected chi connectivity index (χ4v) is 5.01. The lowest BCUT2D eigenvalue weighted by Gasteiger charge is -2.44. The second-order valence-electron chi connectivity index (χ2n) is 9.57.